The maximum Gasteiger partial charge on any atom is 0.0104 e. The first-order valence-corrected chi connectivity index (χ1v) is 6.16. The van der Waals surface area contributed by atoms with Gasteiger partial charge in [-0.25, -0.2) is 0 Å². The molecule has 0 heterocycles. The Bertz CT molecular complexity index is 566. The minimum atomic E-state index is 0.691. The Morgan fingerprint density at radius 1 is 0.875 bits per heavy atom. The smallest absolute Gasteiger partial charge is 0.0104 e. The van der Waals surface area contributed by atoms with E-state index in [9.17, 15) is 0 Å². The lowest BCUT2D eigenvalue weighted by molar-refractivity contribution is 0.627. The van der Waals surface area contributed by atoms with Crippen molar-refractivity contribution in [3.05, 3.63) is 59.2 Å². The van der Waals surface area contributed by atoms with Crippen LogP contribution >= 0.6 is 0 Å². The van der Waals surface area contributed by atoms with Crippen molar-refractivity contribution >= 4 is 0 Å². The maximum atomic E-state index is 2.32. The summed E-state index contributed by atoms with van der Waals surface area (Å²) in [6.45, 7) is 0. The van der Waals surface area contributed by atoms with Crippen LogP contribution in [-0.2, 0) is 6.42 Å². The first-order valence-electron chi connectivity index (χ1n) is 6.16. The highest BCUT2D eigenvalue weighted by Gasteiger charge is 2.32. The lowest BCUT2D eigenvalue weighted by atomic mass is 9.82. The predicted octanol–water partition coefficient (Wildman–Crippen LogP) is 4.14. The van der Waals surface area contributed by atoms with Gasteiger partial charge in [-0.3, -0.25) is 0 Å². The summed E-state index contributed by atoms with van der Waals surface area (Å²) in [6.07, 6.45) is 3.95. The van der Waals surface area contributed by atoms with E-state index in [-0.39, 0.29) is 0 Å². The molecule has 16 heavy (non-hydrogen) atoms. The third-order valence-corrected chi connectivity index (χ3v) is 4.11. The van der Waals surface area contributed by atoms with E-state index in [0.717, 1.165) is 0 Å². The fraction of sp³-hybridized carbons (Fsp3) is 0.250. The summed E-state index contributed by atoms with van der Waals surface area (Å²) in [5.41, 5.74) is 7.76. The van der Waals surface area contributed by atoms with Gasteiger partial charge < -0.3 is 0 Å². The molecule has 1 unspecified atom stereocenters. The zero-order chi connectivity index (χ0) is 10.5. The van der Waals surface area contributed by atoms with Crippen LogP contribution in [0, 0.1) is 0 Å². The van der Waals surface area contributed by atoms with E-state index >= 15 is 0 Å². The van der Waals surface area contributed by atoms with E-state index in [1.165, 1.54) is 30.4 Å². The highest BCUT2D eigenvalue weighted by atomic mass is 14.4. The fourth-order valence-electron chi connectivity index (χ4n) is 3.48. The first-order chi connectivity index (χ1) is 7.95. The second kappa shape index (κ2) is 2.98. The van der Waals surface area contributed by atoms with Crippen molar-refractivity contribution < 1.29 is 0 Å². The third-order valence-electron chi connectivity index (χ3n) is 4.11. The van der Waals surface area contributed by atoms with Crippen LogP contribution in [0.15, 0.2) is 42.5 Å². The molecule has 0 spiro atoms. The van der Waals surface area contributed by atoms with Gasteiger partial charge in [0.1, 0.15) is 0 Å². The van der Waals surface area contributed by atoms with E-state index in [1.54, 1.807) is 16.7 Å². The SMILES string of the molecule is c1ccc2c(c1)-c1cccc3c1C2CCC3. The van der Waals surface area contributed by atoms with Crippen molar-refractivity contribution in [1.82, 2.24) is 0 Å². The van der Waals surface area contributed by atoms with Crippen molar-refractivity contribution in [2.75, 3.05) is 0 Å². The van der Waals surface area contributed by atoms with Crippen LogP contribution in [0.4, 0.5) is 0 Å². The Labute approximate surface area is 95.9 Å². The van der Waals surface area contributed by atoms with Gasteiger partial charge in [-0.05, 0) is 47.1 Å². The molecule has 2 aliphatic rings. The average Bonchev–Trinajstić information content (AvgIpc) is 2.68. The molecule has 1 atom stereocenters. The molecular weight excluding hydrogens is 192 g/mol. The van der Waals surface area contributed by atoms with Crippen molar-refractivity contribution in [2.45, 2.75) is 25.2 Å². The normalized spacial score (nSPS) is 20.4. The van der Waals surface area contributed by atoms with E-state index in [4.69, 9.17) is 0 Å². The minimum Gasteiger partial charge on any atom is -0.0619 e. The summed E-state index contributed by atoms with van der Waals surface area (Å²) < 4.78 is 0. The number of rotatable bonds is 0. The van der Waals surface area contributed by atoms with E-state index in [2.05, 4.69) is 42.5 Å². The molecule has 0 heteroatoms. The van der Waals surface area contributed by atoms with Crippen LogP contribution in [-0.4, -0.2) is 0 Å². The van der Waals surface area contributed by atoms with Gasteiger partial charge in [-0.1, -0.05) is 42.5 Å². The zero-order valence-electron chi connectivity index (χ0n) is 9.24. The number of benzene rings is 2. The van der Waals surface area contributed by atoms with Gasteiger partial charge in [0.05, 0.1) is 0 Å². The Kier molecular flexibility index (Phi) is 1.59. The predicted molar refractivity (Wildman–Crippen MR) is 66.7 cm³/mol. The Balaban J connectivity index is 2.10. The highest BCUT2D eigenvalue weighted by Crippen LogP contribution is 2.50. The largest absolute Gasteiger partial charge is 0.0619 e. The quantitative estimate of drug-likeness (QED) is 0.608. The molecule has 0 amide bonds. The van der Waals surface area contributed by atoms with Gasteiger partial charge in [0.15, 0.2) is 0 Å². The molecule has 0 radical (unpaired) electrons. The van der Waals surface area contributed by atoms with Gasteiger partial charge in [0, 0.05) is 5.92 Å². The number of fused-ring (bicyclic) bond motifs is 3. The maximum absolute atomic E-state index is 2.32. The van der Waals surface area contributed by atoms with Gasteiger partial charge in [0.25, 0.3) is 0 Å². The standard InChI is InChI=1S/C16H14/c1-2-8-13-12(7-1)14-9-3-5-11-6-4-10-15(13)16(11)14/h1-3,5,7-9,15H,4,6,10H2. The molecule has 0 aliphatic heterocycles. The monoisotopic (exact) mass is 206 g/mol. The summed E-state index contributed by atoms with van der Waals surface area (Å²) in [5, 5.41) is 0. The van der Waals surface area contributed by atoms with Gasteiger partial charge in [-0.15, -0.1) is 0 Å². The van der Waals surface area contributed by atoms with Gasteiger partial charge in [-0.2, -0.15) is 0 Å². The fourth-order valence-corrected chi connectivity index (χ4v) is 3.48. The summed E-state index contributed by atoms with van der Waals surface area (Å²) in [6, 6.07) is 15.8. The van der Waals surface area contributed by atoms with Crippen LogP contribution in [0.2, 0.25) is 0 Å². The summed E-state index contributed by atoms with van der Waals surface area (Å²) in [7, 11) is 0. The molecule has 0 bridgehead atoms. The Morgan fingerprint density at radius 3 is 2.75 bits per heavy atom. The van der Waals surface area contributed by atoms with Crippen LogP contribution in [0.1, 0.15) is 35.4 Å². The summed E-state index contributed by atoms with van der Waals surface area (Å²) >= 11 is 0. The molecule has 0 saturated carbocycles. The molecule has 2 aromatic carbocycles. The highest BCUT2D eigenvalue weighted by molar-refractivity contribution is 5.80. The first kappa shape index (κ1) is 8.58. The van der Waals surface area contributed by atoms with E-state index < -0.39 is 0 Å². The molecule has 0 N–H and O–H groups in total. The van der Waals surface area contributed by atoms with Gasteiger partial charge >= 0.3 is 0 Å². The average molecular weight is 206 g/mol. The molecule has 0 aromatic heterocycles. The lowest BCUT2D eigenvalue weighted by Gasteiger charge is -2.22. The molecule has 4 rings (SSSR count). The van der Waals surface area contributed by atoms with Crippen molar-refractivity contribution in [3.8, 4) is 11.1 Å². The Hall–Kier alpha value is -1.56. The van der Waals surface area contributed by atoms with Crippen molar-refractivity contribution in [1.29, 1.82) is 0 Å². The number of hydrogen-bond acceptors (Lipinski definition) is 0. The van der Waals surface area contributed by atoms with Crippen LogP contribution in [0.3, 0.4) is 0 Å². The van der Waals surface area contributed by atoms with Gasteiger partial charge in [0.2, 0.25) is 0 Å². The van der Waals surface area contributed by atoms with Crippen LogP contribution in [0.5, 0.6) is 0 Å². The van der Waals surface area contributed by atoms with E-state index in [1.807, 2.05) is 0 Å². The lowest BCUT2D eigenvalue weighted by Crippen LogP contribution is -2.07. The molecule has 2 aliphatic carbocycles. The van der Waals surface area contributed by atoms with Crippen molar-refractivity contribution in [3.63, 3.8) is 0 Å². The Morgan fingerprint density at radius 2 is 1.75 bits per heavy atom. The molecular formula is C16H14. The third kappa shape index (κ3) is 0.948. The van der Waals surface area contributed by atoms with E-state index in [0.29, 0.717) is 5.92 Å². The number of hydrogen-bond donors (Lipinski definition) is 0. The zero-order valence-corrected chi connectivity index (χ0v) is 9.24. The summed E-state index contributed by atoms with van der Waals surface area (Å²) in [5.74, 6) is 0.691. The molecule has 0 fully saturated rings. The van der Waals surface area contributed by atoms with Crippen LogP contribution < -0.4 is 0 Å². The van der Waals surface area contributed by atoms with Crippen LogP contribution in [0.25, 0.3) is 11.1 Å². The molecule has 0 saturated heterocycles. The topological polar surface area (TPSA) is 0 Å². The molecule has 2 aromatic rings. The summed E-state index contributed by atoms with van der Waals surface area (Å²) in [4.78, 5) is 0. The molecule has 78 valence electrons. The minimum absolute atomic E-state index is 0.691. The second-order valence-electron chi connectivity index (χ2n) is 4.91. The second-order valence-corrected chi connectivity index (χ2v) is 4.91. The van der Waals surface area contributed by atoms with Crippen molar-refractivity contribution in [2.24, 2.45) is 0 Å². The molecule has 0 nitrogen and oxygen atoms in total. The number of aryl methyl sites for hydroxylation is 1.